The lowest BCUT2D eigenvalue weighted by molar-refractivity contribution is 0.0697. The van der Waals surface area contributed by atoms with Gasteiger partial charge in [0.2, 0.25) is 0 Å². The normalized spacial score (nSPS) is 13.6. The van der Waals surface area contributed by atoms with Gasteiger partial charge in [-0.1, -0.05) is 52.2 Å². The first-order chi connectivity index (χ1) is 29.7. The van der Waals surface area contributed by atoms with Crippen LogP contribution >= 0.6 is 39.4 Å². The summed E-state index contributed by atoms with van der Waals surface area (Å²) in [4.78, 5) is 13.2. The molecule has 0 aliphatic carbocycles. The SMILES string of the molecule is CCCCc1cc(OC)cc(-c2cc(OC)cc(CCCC)c2Op2oc3c(I)cc(OC)cc3c3cc(OC)cc(CCCC)c3o2)c1OP1OC(=O)c2ccccc2O1. The highest BCUT2D eigenvalue weighted by molar-refractivity contribution is 14.1. The first-order valence-corrected chi connectivity index (χ1v) is 23.8. The zero-order chi connectivity index (χ0) is 43.0. The Morgan fingerprint density at radius 3 is 1.64 bits per heavy atom. The molecule has 322 valence electrons. The molecule has 2 atom stereocenters. The molecule has 6 aromatic rings. The number of hydrogen-bond donors (Lipinski definition) is 0. The summed E-state index contributed by atoms with van der Waals surface area (Å²) in [5, 5.41) is 1.63. The Morgan fingerprint density at radius 2 is 1.05 bits per heavy atom. The molecule has 7 rings (SSSR count). The van der Waals surface area contributed by atoms with Crippen LogP contribution in [0.5, 0.6) is 40.2 Å². The summed E-state index contributed by atoms with van der Waals surface area (Å²) in [7, 11) is 2.26. The first kappa shape index (κ1) is 44.3. The van der Waals surface area contributed by atoms with E-state index in [0.29, 0.717) is 80.9 Å². The highest BCUT2D eigenvalue weighted by Crippen LogP contribution is 2.54. The summed E-state index contributed by atoms with van der Waals surface area (Å²) in [6.45, 7) is 6.45. The molecule has 2 unspecified atom stereocenters. The van der Waals surface area contributed by atoms with E-state index in [1.807, 2.05) is 54.6 Å². The van der Waals surface area contributed by atoms with Crippen LogP contribution in [-0.2, 0) is 23.8 Å². The summed E-state index contributed by atoms with van der Waals surface area (Å²) in [5.41, 5.74) is 5.64. The van der Waals surface area contributed by atoms with Crippen molar-refractivity contribution >= 4 is 67.3 Å². The second-order valence-electron chi connectivity index (χ2n) is 14.6. The van der Waals surface area contributed by atoms with E-state index < -0.39 is 22.8 Å². The fraction of sp³-hybridized carbons (Fsp3) is 0.340. The Balaban J connectivity index is 1.50. The molecule has 1 aromatic heterocycles. The Morgan fingerprint density at radius 1 is 0.557 bits per heavy atom. The number of methoxy groups -OCH3 is 4. The van der Waals surface area contributed by atoms with Crippen molar-refractivity contribution in [2.24, 2.45) is 0 Å². The molecule has 1 aliphatic heterocycles. The molecule has 5 aromatic carbocycles. The van der Waals surface area contributed by atoms with Gasteiger partial charge in [-0.15, -0.1) is 0 Å². The van der Waals surface area contributed by atoms with Crippen molar-refractivity contribution in [3.8, 4) is 51.4 Å². The number of halogens is 1. The number of carbonyl (C=O) groups is 1. The van der Waals surface area contributed by atoms with Crippen LogP contribution in [-0.4, -0.2) is 34.4 Å². The molecule has 0 saturated carbocycles. The molecule has 0 amide bonds. The van der Waals surface area contributed by atoms with Crippen LogP contribution in [0.3, 0.4) is 0 Å². The highest BCUT2D eigenvalue weighted by Gasteiger charge is 2.34. The number of fused-ring (bicyclic) bond motifs is 4. The Bertz CT molecular complexity index is 2570. The van der Waals surface area contributed by atoms with Crippen molar-refractivity contribution in [1.29, 1.82) is 0 Å². The molecule has 2 heterocycles. The second kappa shape index (κ2) is 20.4. The van der Waals surface area contributed by atoms with Crippen LogP contribution < -0.4 is 32.5 Å². The van der Waals surface area contributed by atoms with E-state index >= 15 is 0 Å². The number of benzene rings is 5. The maximum Gasteiger partial charge on any atom is 0.532 e. The summed E-state index contributed by atoms with van der Waals surface area (Å²) in [5.74, 6) is 3.54. The van der Waals surface area contributed by atoms with Gasteiger partial charge in [-0.3, -0.25) is 0 Å². The number of para-hydroxylation sites is 1. The lowest BCUT2D eigenvalue weighted by Crippen LogP contribution is -2.15. The monoisotopic (exact) mass is 980 g/mol. The largest absolute Gasteiger partial charge is 0.532 e. The molecule has 0 radical (unpaired) electrons. The van der Waals surface area contributed by atoms with Crippen LogP contribution in [0.4, 0.5) is 0 Å². The lowest BCUT2D eigenvalue weighted by Gasteiger charge is -2.26. The van der Waals surface area contributed by atoms with E-state index in [0.717, 1.165) is 76.0 Å². The highest BCUT2D eigenvalue weighted by atomic mass is 127. The van der Waals surface area contributed by atoms with E-state index in [9.17, 15) is 4.79 Å². The second-order valence-corrected chi connectivity index (χ2v) is 17.7. The maximum absolute atomic E-state index is 13.2. The minimum atomic E-state index is -2.19. The van der Waals surface area contributed by atoms with Gasteiger partial charge < -0.3 is 45.4 Å². The minimum Gasteiger partial charge on any atom is -0.497 e. The molecular formula is C47H51IO11P2. The van der Waals surface area contributed by atoms with Crippen molar-refractivity contribution < 1.29 is 50.2 Å². The summed E-state index contributed by atoms with van der Waals surface area (Å²) >= 11 is 2.27. The summed E-state index contributed by atoms with van der Waals surface area (Å²) in [6, 6.07) is 22.7. The third-order valence-electron chi connectivity index (χ3n) is 10.5. The molecule has 0 spiro atoms. The van der Waals surface area contributed by atoms with Gasteiger partial charge in [0.05, 0.1) is 32.0 Å². The number of carbonyl (C=O) groups excluding carboxylic acids is 1. The van der Waals surface area contributed by atoms with Gasteiger partial charge in [0.1, 0.15) is 51.4 Å². The molecule has 0 fully saturated rings. The van der Waals surface area contributed by atoms with Gasteiger partial charge >= 0.3 is 22.8 Å². The van der Waals surface area contributed by atoms with Gasteiger partial charge in [0.15, 0.2) is 5.58 Å². The molecular weight excluding hydrogens is 929 g/mol. The smallest absolute Gasteiger partial charge is 0.497 e. The molecule has 0 bridgehead atoms. The van der Waals surface area contributed by atoms with E-state index in [-0.39, 0.29) is 0 Å². The first-order valence-electron chi connectivity index (χ1n) is 20.5. The van der Waals surface area contributed by atoms with E-state index in [2.05, 4.69) is 43.4 Å². The third-order valence-corrected chi connectivity index (χ3v) is 13.2. The summed E-state index contributed by atoms with van der Waals surface area (Å²) < 4.78 is 64.1. The van der Waals surface area contributed by atoms with Crippen molar-refractivity contribution in [2.75, 3.05) is 28.4 Å². The number of aryl methyl sites for hydroxylation is 3. The molecule has 0 saturated heterocycles. The number of unbranched alkanes of at least 4 members (excludes halogenated alkanes) is 3. The topological polar surface area (TPSA) is 117 Å². The predicted octanol–water partition coefficient (Wildman–Crippen LogP) is 14.3. The average molecular weight is 981 g/mol. The average Bonchev–Trinajstić information content (AvgIpc) is 3.43. The van der Waals surface area contributed by atoms with Gasteiger partial charge in [-0.2, -0.15) is 0 Å². The summed E-state index contributed by atoms with van der Waals surface area (Å²) in [6.07, 6.45) is 7.66. The number of ether oxygens (including phenoxy) is 4. The van der Waals surface area contributed by atoms with E-state index in [1.54, 1.807) is 46.6 Å². The standard InChI is InChI=1S/C47H51IO11P2/c1-8-11-16-29-21-32(50-4)24-37(43(29)55-60-54-42-20-15-14-19-36(42)47(49)59-60)38-25-33(51-5)22-30(17-12-9-2)44(38)56-61-57-45-31(18-13-10-3)23-34(52-6)26-39(45)40-27-35(53-7)28-41(48)46(40)58-61/h14-15,19-28H,8-13,16-18H2,1-7H3. The van der Waals surface area contributed by atoms with E-state index in [1.165, 1.54) is 0 Å². The van der Waals surface area contributed by atoms with Crippen LogP contribution in [0.1, 0.15) is 86.3 Å². The maximum atomic E-state index is 13.2. The van der Waals surface area contributed by atoms with Crippen LogP contribution in [0.15, 0.2) is 81.2 Å². The van der Waals surface area contributed by atoms with Gasteiger partial charge in [0.25, 0.3) is 0 Å². The molecule has 1 aliphatic rings. The Labute approximate surface area is 372 Å². The van der Waals surface area contributed by atoms with Crippen molar-refractivity contribution in [3.05, 3.63) is 98.6 Å². The predicted molar refractivity (Wildman–Crippen MR) is 249 cm³/mol. The van der Waals surface area contributed by atoms with E-state index in [4.69, 9.17) is 45.4 Å². The number of rotatable bonds is 18. The quantitative estimate of drug-likeness (QED) is 0.0605. The van der Waals surface area contributed by atoms with Crippen molar-refractivity contribution in [1.82, 2.24) is 0 Å². The Hall–Kier alpha value is -4.77. The van der Waals surface area contributed by atoms with Gasteiger partial charge in [0, 0.05) is 21.9 Å². The molecule has 0 N–H and O–H groups in total. The molecule has 61 heavy (non-hydrogen) atoms. The minimum absolute atomic E-state index is 0.341. The van der Waals surface area contributed by atoms with Crippen molar-refractivity contribution in [2.45, 2.75) is 78.6 Å². The van der Waals surface area contributed by atoms with Crippen molar-refractivity contribution in [3.63, 3.8) is 0 Å². The van der Waals surface area contributed by atoms with Crippen LogP contribution in [0, 0.1) is 3.57 Å². The lowest BCUT2D eigenvalue weighted by atomic mass is 9.94. The van der Waals surface area contributed by atoms with Gasteiger partial charge in [-0.25, -0.2) is 4.79 Å². The third kappa shape index (κ3) is 9.82. The Kier molecular flexibility index (Phi) is 14.8. The zero-order valence-electron chi connectivity index (χ0n) is 35.6. The molecule has 11 nitrogen and oxygen atoms in total. The number of hydrogen-bond acceptors (Lipinski definition) is 11. The fourth-order valence-corrected chi connectivity index (χ4v) is 10.3. The van der Waals surface area contributed by atoms with Crippen LogP contribution in [0.2, 0.25) is 0 Å². The van der Waals surface area contributed by atoms with Gasteiger partial charge in [-0.05, 0) is 138 Å². The zero-order valence-corrected chi connectivity index (χ0v) is 39.5. The molecule has 14 heteroatoms. The fourth-order valence-electron chi connectivity index (χ4n) is 7.22. The van der Waals surface area contributed by atoms with Crippen LogP contribution in [0.25, 0.3) is 33.1 Å².